The number of anilines is 1. The van der Waals surface area contributed by atoms with Crippen LogP contribution in [0.3, 0.4) is 0 Å². The van der Waals surface area contributed by atoms with Gasteiger partial charge >= 0.3 is 0 Å². The Morgan fingerprint density at radius 2 is 2.31 bits per heavy atom. The normalized spacial score (nSPS) is 10.4. The first-order valence-electron chi connectivity index (χ1n) is 5.29. The predicted molar refractivity (Wildman–Crippen MR) is 69.6 cm³/mol. The summed E-state index contributed by atoms with van der Waals surface area (Å²) >= 11 is 3.47. The molecule has 0 unspecified atom stereocenters. The zero-order valence-electron chi connectivity index (χ0n) is 9.15. The lowest BCUT2D eigenvalue weighted by Gasteiger charge is -2.08. The van der Waals surface area contributed by atoms with E-state index in [1.165, 1.54) is 5.56 Å². The van der Waals surface area contributed by atoms with Crippen molar-refractivity contribution in [3.8, 4) is 0 Å². The number of hydrogen-bond acceptors (Lipinski definition) is 2. The van der Waals surface area contributed by atoms with E-state index >= 15 is 0 Å². The molecule has 0 fully saturated rings. The quantitative estimate of drug-likeness (QED) is 0.932. The van der Waals surface area contributed by atoms with E-state index in [9.17, 15) is 0 Å². The van der Waals surface area contributed by atoms with Crippen LogP contribution in [0.5, 0.6) is 0 Å². The molecule has 2 aromatic rings. The van der Waals surface area contributed by atoms with Crippen molar-refractivity contribution in [1.82, 2.24) is 9.55 Å². The van der Waals surface area contributed by atoms with Crippen molar-refractivity contribution < 1.29 is 0 Å². The van der Waals surface area contributed by atoms with Gasteiger partial charge in [-0.2, -0.15) is 0 Å². The molecule has 4 heteroatoms. The van der Waals surface area contributed by atoms with E-state index in [-0.39, 0.29) is 0 Å². The second-order valence-electron chi connectivity index (χ2n) is 3.54. The number of hydrogen-bond donors (Lipinski definition) is 1. The van der Waals surface area contributed by atoms with Gasteiger partial charge in [-0.3, -0.25) is 0 Å². The largest absolute Gasteiger partial charge is 0.356 e. The molecule has 1 N–H and O–H groups in total. The van der Waals surface area contributed by atoms with E-state index in [1.807, 2.05) is 24.5 Å². The van der Waals surface area contributed by atoms with Crippen molar-refractivity contribution in [2.24, 2.45) is 0 Å². The van der Waals surface area contributed by atoms with E-state index in [2.05, 4.69) is 49.9 Å². The summed E-state index contributed by atoms with van der Waals surface area (Å²) in [5.41, 5.74) is 1.26. The summed E-state index contributed by atoms with van der Waals surface area (Å²) < 4.78 is 3.21. The lowest BCUT2D eigenvalue weighted by Crippen LogP contribution is -2.07. The highest BCUT2D eigenvalue weighted by atomic mass is 79.9. The van der Waals surface area contributed by atoms with Crippen molar-refractivity contribution in [3.63, 3.8) is 0 Å². The molecule has 3 nitrogen and oxygen atoms in total. The number of nitrogens with zero attached hydrogens (tertiary/aromatic N) is 2. The molecular weight excluding hydrogens is 266 g/mol. The summed E-state index contributed by atoms with van der Waals surface area (Å²) in [7, 11) is 0. The Balaban J connectivity index is 2.17. The summed E-state index contributed by atoms with van der Waals surface area (Å²) in [5.74, 6) is 0.919. The lowest BCUT2D eigenvalue weighted by molar-refractivity contribution is 0.799. The van der Waals surface area contributed by atoms with Gasteiger partial charge in [-0.1, -0.05) is 28.1 Å². The molecule has 16 heavy (non-hydrogen) atoms. The van der Waals surface area contributed by atoms with Crippen molar-refractivity contribution in [3.05, 3.63) is 46.7 Å². The zero-order chi connectivity index (χ0) is 11.4. The van der Waals surface area contributed by atoms with Crippen LogP contribution in [-0.4, -0.2) is 16.1 Å². The SMILES string of the molecule is CCNc1nccn1Cc1cccc(Br)c1. The minimum atomic E-state index is 0.835. The van der Waals surface area contributed by atoms with Crippen LogP contribution >= 0.6 is 15.9 Å². The number of nitrogens with one attached hydrogen (secondary N) is 1. The molecule has 0 saturated carbocycles. The minimum Gasteiger partial charge on any atom is -0.356 e. The smallest absolute Gasteiger partial charge is 0.203 e. The lowest BCUT2D eigenvalue weighted by atomic mass is 10.2. The molecule has 0 amide bonds. The maximum atomic E-state index is 4.26. The van der Waals surface area contributed by atoms with Crippen LogP contribution in [0.1, 0.15) is 12.5 Å². The highest BCUT2D eigenvalue weighted by molar-refractivity contribution is 9.10. The van der Waals surface area contributed by atoms with Crippen molar-refractivity contribution >= 4 is 21.9 Å². The molecule has 1 aromatic heterocycles. The second-order valence-corrected chi connectivity index (χ2v) is 4.45. The maximum Gasteiger partial charge on any atom is 0.203 e. The average molecular weight is 280 g/mol. The molecule has 0 bridgehead atoms. The summed E-state index contributed by atoms with van der Waals surface area (Å²) in [5, 5.41) is 3.23. The van der Waals surface area contributed by atoms with Crippen LogP contribution in [0.25, 0.3) is 0 Å². The summed E-state index contributed by atoms with van der Waals surface area (Å²) in [6.07, 6.45) is 3.80. The molecule has 1 aromatic carbocycles. The molecule has 1 heterocycles. The Kier molecular flexibility index (Phi) is 3.62. The monoisotopic (exact) mass is 279 g/mol. The molecule has 0 aliphatic carbocycles. The standard InChI is InChI=1S/C12H14BrN3/c1-2-14-12-15-6-7-16(12)9-10-4-3-5-11(13)8-10/h3-8H,2,9H2,1H3,(H,14,15). The third-order valence-electron chi connectivity index (χ3n) is 2.29. The Labute approximate surface area is 104 Å². The van der Waals surface area contributed by atoms with Crippen molar-refractivity contribution in [2.75, 3.05) is 11.9 Å². The highest BCUT2D eigenvalue weighted by Gasteiger charge is 2.02. The molecule has 0 spiro atoms. The molecular formula is C12H14BrN3. The maximum absolute atomic E-state index is 4.26. The van der Waals surface area contributed by atoms with Gasteiger partial charge < -0.3 is 9.88 Å². The Morgan fingerprint density at radius 1 is 1.44 bits per heavy atom. The Morgan fingerprint density at radius 3 is 3.06 bits per heavy atom. The summed E-state index contributed by atoms with van der Waals surface area (Å²) in [4.78, 5) is 4.26. The molecule has 2 rings (SSSR count). The molecule has 0 radical (unpaired) electrons. The number of benzene rings is 1. The topological polar surface area (TPSA) is 29.9 Å². The Hall–Kier alpha value is -1.29. The molecule has 0 aliphatic rings. The van der Waals surface area contributed by atoms with Gasteiger partial charge in [0.2, 0.25) is 5.95 Å². The van der Waals surface area contributed by atoms with E-state index in [4.69, 9.17) is 0 Å². The van der Waals surface area contributed by atoms with Gasteiger partial charge in [0.1, 0.15) is 0 Å². The van der Waals surface area contributed by atoms with Crippen LogP contribution in [-0.2, 0) is 6.54 Å². The predicted octanol–water partition coefficient (Wildman–Crippen LogP) is 3.13. The molecule has 0 atom stereocenters. The third-order valence-corrected chi connectivity index (χ3v) is 2.79. The first kappa shape index (κ1) is 11.2. The summed E-state index contributed by atoms with van der Waals surface area (Å²) in [6.45, 7) is 3.79. The molecule has 0 aliphatic heterocycles. The fraction of sp³-hybridized carbons (Fsp3) is 0.250. The van der Waals surface area contributed by atoms with Gasteiger partial charge in [0, 0.05) is 23.4 Å². The molecule has 84 valence electrons. The fourth-order valence-electron chi connectivity index (χ4n) is 1.59. The van der Waals surface area contributed by atoms with Gasteiger partial charge in [0.25, 0.3) is 0 Å². The van der Waals surface area contributed by atoms with Crippen LogP contribution in [0, 0.1) is 0 Å². The number of rotatable bonds is 4. The summed E-state index contributed by atoms with van der Waals surface area (Å²) in [6, 6.07) is 8.31. The van der Waals surface area contributed by atoms with Crippen molar-refractivity contribution in [2.45, 2.75) is 13.5 Å². The van der Waals surface area contributed by atoms with Gasteiger partial charge in [-0.15, -0.1) is 0 Å². The van der Waals surface area contributed by atoms with E-state index < -0.39 is 0 Å². The fourth-order valence-corrected chi connectivity index (χ4v) is 2.04. The van der Waals surface area contributed by atoms with Crippen LogP contribution in [0.2, 0.25) is 0 Å². The zero-order valence-corrected chi connectivity index (χ0v) is 10.7. The minimum absolute atomic E-state index is 0.835. The van der Waals surface area contributed by atoms with Crippen molar-refractivity contribution in [1.29, 1.82) is 0 Å². The first-order chi connectivity index (χ1) is 7.79. The number of imidazole rings is 1. The van der Waals surface area contributed by atoms with Gasteiger partial charge in [-0.05, 0) is 24.6 Å². The second kappa shape index (κ2) is 5.16. The van der Waals surface area contributed by atoms with E-state index in [1.54, 1.807) is 0 Å². The van der Waals surface area contributed by atoms with Gasteiger partial charge in [0.05, 0.1) is 6.54 Å². The highest BCUT2D eigenvalue weighted by Crippen LogP contribution is 2.14. The average Bonchev–Trinajstić information content (AvgIpc) is 2.66. The molecule has 0 saturated heterocycles. The van der Waals surface area contributed by atoms with Crippen LogP contribution in [0.15, 0.2) is 41.1 Å². The Bertz CT molecular complexity index is 465. The van der Waals surface area contributed by atoms with E-state index in [0.29, 0.717) is 0 Å². The van der Waals surface area contributed by atoms with Crippen LogP contribution in [0.4, 0.5) is 5.95 Å². The number of halogens is 1. The third kappa shape index (κ3) is 2.64. The van der Waals surface area contributed by atoms with E-state index in [0.717, 1.165) is 23.5 Å². The first-order valence-corrected chi connectivity index (χ1v) is 6.08. The van der Waals surface area contributed by atoms with Gasteiger partial charge in [-0.25, -0.2) is 4.98 Å². The number of aromatic nitrogens is 2. The van der Waals surface area contributed by atoms with Crippen LogP contribution < -0.4 is 5.32 Å². The van der Waals surface area contributed by atoms with Gasteiger partial charge in [0.15, 0.2) is 0 Å².